The fourth-order valence-corrected chi connectivity index (χ4v) is 4.07. The SMILES string of the molecule is CCN(CC)C(=O)c1cc(NC(=O)c2ccccc2F)ccc1N1CCN(C(=O)NC(C)C)CC1. The molecule has 0 radical (unpaired) electrons. The van der Waals surface area contributed by atoms with Crippen molar-refractivity contribution in [2.24, 2.45) is 0 Å². The van der Waals surface area contributed by atoms with Gasteiger partial charge in [0.15, 0.2) is 0 Å². The van der Waals surface area contributed by atoms with E-state index < -0.39 is 11.7 Å². The maximum absolute atomic E-state index is 14.1. The van der Waals surface area contributed by atoms with E-state index in [2.05, 4.69) is 15.5 Å². The lowest BCUT2D eigenvalue weighted by Gasteiger charge is -2.37. The van der Waals surface area contributed by atoms with Crippen LogP contribution in [0.15, 0.2) is 42.5 Å². The molecule has 1 saturated heterocycles. The average molecular weight is 484 g/mol. The first-order valence-electron chi connectivity index (χ1n) is 12.0. The minimum absolute atomic E-state index is 0.0611. The number of urea groups is 1. The van der Waals surface area contributed by atoms with Crippen LogP contribution < -0.4 is 15.5 Å². The number of amides is 4. The second kappa shape index (κ2) is 11.7. The summed E-state index contributed by atoms with van der Waals surface area (Å²) in [5, 5.41) is 5.62. The Balaban J connectivity index is 1.85. The van der Waals surface area contributed by atoms with Crippen molar-refractivity contribution < 1.29 is 18.8 Å². The van der Waals surface area contributed by atoms with Gasteiger partial charge in [-0.1, -0.05) is 12.1 Å². The molecule has 0 atom stereocenters. The smallest absolute Gasteiger partial charge is 0.317 e. The van der Waals surface area contributed by atoms with Crippen molar-refractivity contribution in [1.82, 2.24) is 15.1 Å². The number of hydrogen-bond donors (Lipinski definition) is 2. The van der Waals surface area contributed by atoms with E-state index in [1.165, 1.54) is 18.2 Å². The fraction of sp³-hybridized carbons (Fsp3) is 0.423. The second-order valence-corrected chi connectivity index (χ2v) is 8.72. The van der Waals surface area contributed by atoms with Gasteiger partial charge in [0.1, 0.15) is 5.82 Å². The van der Waals surface area contributed by atoms with Gasteiger partial charge in [-0.3, -0.25) is 9.59 Å². The van der Waals surface area contributed by atoms with E-state index in [0.717, 1.165) is 5.69 Å². The van der Waals surface area contributed by atoms with Crippen molar-refractivity contribution in [3.05, 3.63) is 59.4 Å². The molecule has 0 saturated carbocycles. The van der Waals surface area contributed by atoms with Gasteiger partial charge in [0, 0.05) is 56.7 Å². The number of nitrogens with one attached hydrogen (secondary N) is 2. The lowest BCUT2D eigenvalue weighted by atomic mass is 10.1. The van der Waals surface area contributed by atoms with E-state index in [0.29, 0.717) is 50.5 Å². The monoisotopic (exact) mass is 483 g/mol. The Hall–Kier alpha value is -3.62. The third kappa shape index (κ3) is 6.29. The number of piperazine rings is 1. The summed E-state index contributed by atoms with van der Waals surface area (Å²) in [6.45, 7) is 11.0. The number of nitrogens with zero attached hydrogens (tertiary/aromatic N) is 3. The first-order chi connectivity index (χ1) is 16.7. The Morgan fingerprint density at radius 1 is 0.971 bits per heavy atom. The standard InChI is InChI=1S/C26H34FN5O3/c1-5-30(6-2)25(34)21-17-19(29-24(33)20-9-7-8-10-22(20)27)11-12-23(21)31-13-15-32(16-14-31)26(35)28-18(3)4/h7-12,17-18H,5-6,13-16H2,1-4H3,(H,28,35)(H,29,33). The molecule has 9 heteroatoms. The molecule has 0 bridgehead atoms. The highest BCUT2D eigenvalue weighted by Gasteiger charge is 2.26. The molecule has 188 valence electrons. The van der Waals surface area contributed by atoms with Crippen LogP contribution in [0, 0.1) is 5.82 Å². The number of carbonyl (C=O) groups excluding carboxylic acids is 3. The zero-order valence-electron chi connectivity index (χ0n) is 20.8. The van der Waals surface area contributed by atoms with Crippen LogP contribution in [0.5, 0.6) is 0 Å². The third-order valence-electron chi connectivity index (χ3n) is 5.97. The van der Waals surface area contributed by atoms with Crippen LogP contribution in [0.1, 0.15) is 48.4 Å². The van der Waals surface area contributed by atoms with E-state index in [1.807, 2.05) is 27.7 Å². The van der Waals surface area contributed by atoms with Gasteiger partial charge in [-0.15, -0.1) is 0 Å². The van der Waals surface area contributed by atoms with Crippen LogP contribution in [-0.2, 0) is 0 Å². The highest BCUT2D eigenvalue weighted by Crippen LogP contribution is 2.27. The molecule has 4 amide bonds. The lowest BCUT2D eigenvalue weighted by Crippen LogP contribution is -2.53. The van der Waals surface area contributed by atoms with Gasteiger partial charge in [0.2, 0.25) is 0 Å². The molecule has 3 rings (SSSR count). The Bertz CT molecular complexity index is 1060. The molecule has 2 N–H and O–H groups in total. The number of halogens is 1. The minimum Gasteiger partial charge on any atom is -0.367 e. The molecule has 2 aromatic rings. The highest BCUT2D eigenvalue weighted by atomic mass is 19.1. The molecule has 0 aliphatic carbocycles. The number of benzene rings is 2. The van der Waals surface area contributed by atoms with E-state index >= 15 is 0 Å². The zero-order valence-corrected chi connectivity index (χ0v) is 20.8. The molecule has 2 aromatic carbocycles. The number of anilines is 2. The van der Waals surface area contributed by atoms with Crippen molar-refractivity contribution in [3.8, 4) is 0 Å². The van der Waals surface area contributed by atoms with Gasteiger partial charge < -0.3 is 25.3 Å². The lowest BCUT2D eigenvalue weighted by molar-refractivity contribution is 0.0773. The predicted molar refractivity (Wildman–Crippen MR) is 136 cm³/mol. The third-order valence-corrected chi connectivity index (χ3v) is 5.97. The fourth-order valence-electron chi connectivity index (χ4n) is 4.07. The van der Waals surface area contributed by atoms with Crippen molar-refractivity contribution in [2.45, 2.75) is 33.7 Å². The molecule has 1 heterocycles. The van der Waals surface area contributed by atoms with Crippen LogP contribution in [0.4, 0.5) is 20.6 Å². The van der Waals surface area contributed by atoms with Crippen LogP contribution in [0.3, 0.4) is 0 Å². The van der Waals surface area contributed by atoms with Gasteiger partial charge in [-0.2, -0.15) is 0 Å². The Kier molecular flexibility index (Phi) is 8.68. The Morgan fingerprint density at radius 2 is 1.63 bits per heavy atom. The van der Waals surface area contributed by atoms with E-state index in [4.69, 9.17) is 0 Å². The van der Waals surface area contributed by atoms with Crippen LogP contribution in [0.2, 0.25) is 0 Å². The van der Waals surface area contributed by atoms with Gasteiger partial charge in [-0.05, 0) is 58.0 Å². The molecule has 0 spiro atoms. The Morgan fingerprint density at radius 3 is 2.23 bits per heavy atom. The summed E-state index contributed by atoms with van der Waals surface area (Å²) in [5.41, 5.74) is 1.55. The van der Waals surface area contributed by atoms with Gasteiger partial charge in [-0.25, -0.2) is 9.18 Å². The number of carbonyl (C=O) groups is 3. The van der Waals surface area contributed by atoms with Gasteiger partial charge >= 0.3 is 6.03 Å². The van der Waals surface area contributed by atoms with E-state index in [-0.39, 0.29) is 23.5 Å². The second-order valence-electron chi connectivity index (χ2n) is 8.72. The summed E-state index contributed by atoms with van der Waals surface area (Å²) in [6.07, 6.45) is 0. The molecule has 0 unspecified atom stereocenters. The summed E-state index contributed by atoms with van der Waals surface area (Å²) in [6, 6.07) is 10.9. The zero-order chi connectivity index (χ0) is 25.5. The minimum atomic E-state index is -0.611. The normalized spacial score (nSPS) is 13.5. The highest BCUT2D eigenvalue weighted by molar-refractivity contribution is 6.06. The van der Waals surface area contributed by atoms with E-state index in [1.54, 1.807) is 34.1 Å². The van der Waals surface area contributed by atoms with Crippen LogP contribution >= 0.6 is 0 Å². The Labute approximate surface area is 206 Å². The summed E-state index contributed by atoms with van der Waals surface area (Å²) >= 11 is 0. The molecular formula is C26H34FN5O3. The largest absolute Gasteiger partial charge is 0.367 e. The van der Waals surface area contributed by atoms with Gasteiger partial charge in [0.25, 0.3) is 11.8 Å². The predicted octanol–water partition coefficient (Wildman–Crippen LogP) is 3.80. The summed E-state index contributed by atoms with van der Waals surface area (Å²) in [4.78, 5) is 43.9. The first kappa shape index (κ1) is 26.0. The molecule has 0 aromatic heterocycles. The van der Waals surface area contributed by atoms with Crippen molar-refractivity contribution in [1.29, 1.82) is 0 Å². The topological polar surface area (TPSA) is 85.0 Å². The molecular weight excluding hydrogens is 449 g/mol. The molecule has 1 aliphatic heterocycles. The van der Waals surface area contributed by atoms with Crippen molar-refractivity contribution >= 4 is 29.2 Å². The van der Waals surface area contributed by atoms with E-state index in [9.17, 15) is 18.8 Å². The average Bonchev–Trinajstić information content (AvgIpc) is 2.84. The van der Waals surface area contributed by atoms with Gasteiger partial charge in [0.05, 0.1) is 11.1 Å². The molecule has 35 heavy (non-hydrogen) atoms. The maximum Gasteiger partial charge on any atom is 0.317 e. The van der Waals surface area contributed by atoms with Crippen LogP contribution in [0.25, 0.3) is 0 Å². The summed E-state index contributed by atoms with van der Waals surface area (Å²) < 4.78 is 14.1. The quantitative estimate of drug-likeness (QED) is 0.627. The van der Waals surface area contributed by atoms with Crippen LogP contribution in [-0.4, -0.2) is 73.0 Å². The summed E-state index contributed by atoms with van der Waals surface area (Å²) in [7, 11) is 0. The number of rotatable bonds is 7. The maximum atomic E-state index is 14.1. The van der Waals surface area contributed by atoms with Crippen molar-refractivity contribution in [2.75, 3.05) is 49.5 Å². The van der Waals surface area contributed by atoms with Crippen molar-refractivity contribution in [3.63, 3.8) is 0 Å². The molecule has 8 nitrogen and oxygen atoms in total. The molecule has 1 aliphatic rings. The summed E-state index contributed by atoms with van der Waals surface area (Å²) in [5.74, 6) is -1.34. The molecule has 1 fully saturated rings. The first-order valence-corrected chi connectivity index (χ1v) is 12.0. The number of hydrogen-bond acceptors (Lipinski definition) is 4.